The van der Waals surface area contributed by atoms with Gasteiger partial charge in [0.15, 0.2) is 0 Å². The van der Waals surface area contributed by atoms with Crippen molar-refractivity contribution in [2.24, 2.45) is 5.92 Å². The minimum absolute atomic E-state index is 0.168. The Labute approximate surface area is 122 Å². The van der Waals surface area contributed by atoms with Crippen molar-refractivity contribution in [3.63, 3.8) is 0 Å². The number of carboxylic acids is 1. The average Bonchev–Trinajstić information content (AvgIpc) is 2.37. The topological polar surface area (TPSA) is 87.7 Å². The Morgan fingerprint density at radius 2 is 2.05 bits per heavy atom. The molecule has 0 spiro atoms. The first-order valence-corrected chi connectivity index (χ1v) is 6.44. The summed E-state index contributed by atoms with van der Waals surface area (Å²) in [7, 11) is 1.54. The zero-order valence-electron chi connectivity index (χ0n) is 12.1. The van der Waals surface area contributed by atoms with Crippen LogP contribution in [-0.4, -0.2) is 36.9 Å². The molecular weight excluding hydrogens is 279 g/mol. The van der Waals surface area contributed by atoms with Gasteiger partial charge in [0.2, 0.25) is 0 Å². The van der Waals surface area contributed by atoms with E-state index in [-0.39, 0.29) is 17.6 Å². The van der Waals surface area contributed by atoms with Gasteiger partial charge in [-0.3, -0.25) is 0 Å². The zero-order chi connectivity index (χ0) is 16.0. The quantitative estimate of drug-likeness (QED) is 0.752. The number of anilines is 1. The minimum atomic E-state index is -1.36. The van der Waals surface area contributed by atoms with Gasteiger partial charge in [0.05, 0.1) is 18.2 Å². The maximum atomic E-state index is 13.5. The highest BCUT2D eigenvalue weighted by Crippen LogP contribution is 2.14. The monoisotopic (exact) mass is 298 g/mol. The van der Waals surface area contributed by atoms with Gasteiger partial charge in [0.25, 0.3) is 0 Å². The highest BCUT2D eigenvalue weighted by Gasteiger charge is 2.17. The molecule has 1 unspecified atom stereocenters. The predicted molar refractivity (Wildman–Crippen MR) is 76.0 cm³/mol. The van der Waals surface area contributed by atoms with E-state index in [4.69, 9.17) is 9.84 Å². The Hall–Kier alpha value is -2.15. The molecule has 1 aromatic rings. The van der Waals surface area contributed by atoms with Gasteiger partial charge < -0.3 is 20.5 Å². The predicted octanol–water partition coefficient (Wildman–Crippen LogP) is 2.32. The third kappa shape index (κ3) is 5.03. The van der Waals surface area contributed by atoms with Crippen LogP contribution in [0.15, 0.2) is 18.2 Å². The molecule has 0 aliphatic heterocycles. The van der Waals surface area contributed by atoms with Crippen LogP contribution in [0.25, 0.3) is 0 Å². The fourth-order valence-electron chi connectivity index (χ4n) is 1.68. The summed E-state index contributed by atoms with van der Waals surface area (Å²) in [5.41, 5.74) is -0.268. The van der Waals surface area contributed by atoms with E-state index in [2.05, 4.69) is 10.6 Å². The van der Waals surface area contributed by atoms with Gasteiger partial charge in [-0.05, 0) is 24.1 Å². The number of amides is 2. The lowest BCUT2D eigenvalue weighted by atomic mass is 10.1. The van der Waals surface area contributed by atoms with E-state index in [1.165, 1.54) is 13.2 Å². The number of urea groups is 1. The minimum Gasteiger partial charge on any atom is -0.478 e. The SMILES string of the molecule is COCC(NC(=O)Nc1ccc(C(=O)O)c(F)c1)C(C)C. The molecule has 0 saturated heterocycles. The molecule has 0 aromatic heterocycles. The van der Waals surface area contributed by atoms with Crippen molar-refractivity contribution in [3.05, 3.63) is 29.6 Å². The smallest absolute Gasteiger partial charge is 0.338 e. The van der Waals surface area contributed by atoms with E-state index in [0.29, 0.717) is 6.61 Å². The molecule has 7 heteroatoms. The first kappa shape index (κ1) is 16.9. The van der Waals surface area contributed by atoms with Crippen LogP contribution in [0.3, 0.4) is 0 Å². The first-order chi connectivity index (χ1) is 9.85. The number of rotatable bonds is 6. The molecule has 1 rings (SSSR count). The third-order valence-electron chi connectivity index (χ3n) is 2.92. The number of nitrogens with one attached hydrogen (secondary N) is 2. The number of ether oxygens (including phenoxy) is 1. The number of aromatic carboxylic acids is 1. The maximum absolute atomic E-state index is 13.5. The Kier molecular flexibility index (Phi) is 6.10. The van der Waals surface area contributed by atoms with Crippen LogP contribution in [0, 0.1) is 11.7 Å². The van der Waals surface area contributed by atoms with Gasteiger partial charge in [-0.1, -0.05) is 13.8 Å². The standard InChI is InChI=1S/C14H19FN2O4/c1-8(2)12(7-21-3)17-14(20)16-9-4-5-10(13(18)19)11(15)6-9/h4-6,8,12H,7H2,1-3H3,(H,18,19)(H2,16,17,20). The molecule has 1 atom stereocenters. The number of carbonyl (C=O) groups excluding carboxylic acids is 1. The lowest BCUT2D eigenvalue weighted by molar-refractivity contribution is 0.0692. The summed E-state index contributed by atoms with van der Waals surface area (Å²) in [4.78, 5) is 22.5. The van der Waals surface area contributed by atoms with Crippen molar-refractivity contribution in [2.75, 3.05) is 19.0 Å². The number of carbonyl (C=O) groups is 2. The van der Waals surface area contributed by atoms with Crippen molar-refractivity contribution < 1.29 is 23.8 Å². The Morgan fingerprint density at radius 1 is 1.38 bits per heavy atom. The molecule has 0 radical (unpaired) electrons. The largest absolute Gasteiger partial charge is 0.478 e. The molecule has 6 nitrogen and oxygen atoms in total. The van der Waals surface area contributed by atoms with Gasteiger partial charge in [0, 0.05) is 12.8 Å². The van der Waals surface area contributed by atoms with Gasteiger partial charge in [0.1, 0.15) is 5.82 Å². The Balaban J connectivity index is 2.70. The summed E-state index contributed by atoms with van der Waals surface area (Å²) in [5, 5.41) is 13.9. The van der Waals surface area contributed by atoms with E-state index >= 15 is 0 Å². The van der Waals surface area contributed by atoms with Crippen molar-refractivity contribution in [3.8, 4) is 0 Å². The lowest BCUT2D eigenvalue weighted by Crippen LogP contribution is -2.43. The van der Waals surface area contributed by atoms with E-state index < -0.39 is 23.4 Å². The average molecular weight is 298 g/mol. The molecule has 0 saturated carbocycles. The van der Waals surface area contributed by atoms with Gasteiger partial charge in [-0.25, -0.2) is 14.0 Å². The zero-order valence-corrected chi connectivity index (χ0v) is 12.1. The summed E-state index contributed by atoms with van der Waals surface area (Å²) in [6.07, 6.45) is 0. The molecule has 0 aliphatic rings. The number of hydrogen-bond donors (Lipinski definition) is 3. The van der Waals surface area contributed by atoms with Crippen LogP contribution >= 0.6 is 0 Å². The van der Waals surface area contributed by atoms with Crippen molar-refractivity contribution in [1.82, 2.24) is 5.32 Å². The molecule has 1 aromatic carbocycles. The van der Waals surface area contributed by atoms with Crippen molar-refractivity contribution in [2.45, 2.75) is 19.9 Å². The van der Waals surface area contributed by atoms with Crippen LogP contribution in [0.5, 0.6) is 0 Å². The molecule has 0 bridgehead atoms. The Morgan fingerprint density at radius 3 is 2.52 bits per heavy atom. The van der Waals surface area contributed by atoms with Crippen LogP contribution in [0.4, 0.5) is 14.9 Å². The van der Waals surface area contributed by atoms with Crippen molar-refractivity contribution >= 4 is 17.7 Å². The molecule has 2 amide bonds. The molecule has 3 N–H and O–H groups in total. The molecule has 0 aliphatic carbocycles. The maximum Gasteiger partial charge on any atom is 0.338 e. The number of benzene rings is 1. The molecule has 0 fully saturated rings. The number of methoxy groups -OCH3 is 1. The second-order valence-electron chi connectivity index (χ2n) is 4.90. The highest BCUT2D eigenvalue weighted by atomic mass is 19.1. The van der Waals surface area contributed by atoms with Gasteiger partial charge in [-0.15, -0.1) is 0 Å². The van der Waals surface area contributed by atoms with E-state index in [1.54, 1.807) is 0 Å². The normalized spacial score (nSPS) is 12.0. The summed E-state index contributed by atoms with van der Waals surface area (Å²) in [6, 6.07) is 2.70. The summed E-state index contributed by atoms with van der Waals surface area (Å²) in [6.45, 7) is 4.23. The second kappa shape index (κ2) is 7.58. The lowest BCUT2D eigenvalue weighted by Gasteiger charge is -2.21. The van der Waals surface area contributed by atoms with E-state index in [9.17, 15) is 14.0 Å². The fraction of sp³-hybridized carbons (Fsp3) is 0.429. The second-order valence-corrected chi connectivity index (χ2v) is 4.90. The fourth-order valence-corrected chi connectivity index (χ4v) is 1.68. The number of carboxylic acid groups (broad SMARTS) is 1. The number of halogens is 1. The van der Waals surface area contributed by atoms with Gasteiger partial charge in [-0.2, -0.15) is 0 Å². The molecule has 0 heterocycles. The van der Waals surface area contributed by atoms with Crippen LogP contribution in [0.1, 0.15) is 24.2 Å². The van der Waals surface area contributed by atoms with Crippen LogP contribution in [0.2, 0.25) is 0 Å². The first-order valence-electron chi connectivity index (χ1n) is 6.44. The van der Waals surface area contributed by atoms with E-state index in [0.717, 1.165) is 12.1 Å². The molecule has 116 valence electrons. The molecule has 21 heavy (non-hydrogen) atoms. The van der Waals surface area contributed by atoms with Crippen molar-refractivity contribution in [1.29, 1.82) is 0 Å². The summed E-state index contributed by atoms with van der Waals surface area (Å²) >= 11 is 0. The van der Waals surface area contributed by atoms with Crippen LogP contribution in [-0.2, 0) is 4.74 Å². The molecular formula is C14H19FN2O4. The van der Waals surface area contributed by atoms with E-state index in [1.807, 2.05) is 13.8 Å². The van der Waals surface area contributed by atoms with Crippen LogP contribution < -0.4 is 10.6 Å². The Bertz CT molecular complexity index is 520. The summed E-state index contributed by atoms with van der Waals surface area (Å²) in [5.74, 6) is -2.09. The third-order valence-corrected chi connectivity index (χ3v) is 2.92. The summed E-state index contributed by atoms with van der Waals surface area (Å²) < 4.78 is 18.5. The highest BCUT2D eigenvalue weighted by molar-refractivity contribution is 5.91. The number of hydrogen-bond acceptors (Lipinski definition) is 3. The van der Waals surface area contributed by atoms with Gasteiger partial charge >= 0.3 is 12.0 Å².